The van der Waals surface area contributed by atoms with E-state index in [2.05, 4.69) is 30.5 Å². The molecule has 1 aromatic carbocycles. The maximum Gasteiger partial charge on any atom is 0.244 e. The van der Waals surface area contributed by atoms with Crippen LogP contribution in [0, 0.1) is 6.92 Å². The first-order valence-corrected chi connectivity index (χ1v) is 9.69. The lowest BCUT2D eigenvalue weighted by Crippen LogP contribution is -2.37. The van der Waals surface area contributed by atoms with Gasteiger partial charge in [-0.25, -0.2) is 4.68 Å². The first kappa shape index (κ1) is 17.5. The molecule has 0 saturated carbocycles. The Morgan fingerprint density at radius 2 is 1.90 bits per heavy atom. The summed E-state index contributed by atoms with van der Waals surface area (Å²) in [4.78, 5) is 17.0. The Hall–Kier alpha value is -3.56. The van der Waals surface area contributed by atoms with Gasteiger partial charge in [0.05, 0.1) is 5.52 Å². The molecule has 0 N–H and O–H groups in total. The smallest absolute Gasteiger partial charge is 0.244 e. The van der Waals surface area contributed by atoms with E-state index >= 15 is 0 Å². The van der Waals surface area contributed by atoms with Gasteiger partial charge in [-0.1, -0.05) is 17.3 Å². The lowest BCUT2D eigenvalue weighted by atomic mass is 10.3. The van der Waals surface area contributed by atoms with E-state index < -0.39 is 0 Å². The van der Waals surface area contributed by atoms with E-state index in [1.807, 2.05) is 48.2 Å². The molecule has 0 bridgehead atoms. The van der Waals surface area contributed by atoms with Crippen LogP contribution >= 0.6 is 0 Å². The third kappa shape index (κ3) is 3.26. The highest BCUT2D eigenvalue weighted by molar-refractivity contribution is 5.80. The van der Waals surface area contributed by atoms with Crippen molar-refractivity contribution in [3.63, 3.8) is 0 Å². The number of fused-ring (bicyclic) bond motifs is 2. The maximum absolute atomic E-state index is 12.9. The van der Waals surface area contributed by atoms with E-state index in [0.29, 0.717) is 6.54 Å². The summed E-state index contributed by atoms with van der Waals surface area (Å²) in [7, 11) is 0. The van der Waals surface area contributed by atoms with E-state index in [4.69, 9.17) is 0 Å². The summed E-state index contributed by atoms with van der Waals surface area (Å²) in [5, 5.41) is 21.1. The molecule has 1 aliphatic rings. The van der Waals surface area contributed by atoms with E-state index in [-0.39, 0.29) is 12.5 Å². The third-order valence-corrected chi connectivity index (χ3v) is 5.28. The molecule has 1 amide bonds. The molecule has 0 unspecified atom stereocenters. The highest BCUT2D eigenvalue weighted by Crippen LogP contribution is 2.16. The van der Waals surface area contributed by atoms with Gasteiger partial charge in [-0.3, -0.25) is 4.79 Å². The highest BCUT2D eigenvalue weighted by Gasteiger charge is 2.21. The quantitative estimate of drug-likeness (QED) is 0.512. The molecule has 148 valence electrons. The Kier molecular flexibility index (Phi) is 4.30. The van der Waals surface area contributed by atoms with Crippen LogP contribution in [-0.4, -0.2) is 71.8 Å². The molecule has 10 heteroatoms. The fourth-order valence-electron chi connectivity index (χ4n) is 3.71. The van der Waals surface area contributed by atoms with Crippen molar-refractivity contribution in [2.75, 3.05) is 31.1 Å². The Morgan fingerprint density at radius 3 is 2.83 bits per heavy atom. The molecule has 0 spiro atoms. The van der Waals surface area contributed by atoms with Crippen molar-refractivity contribution in [2.45, 2.75) is 19.9 Å². The summed E-state index contributed by atoms with van der Waals surface area (Å²) >= 11 is 0. The second kappa shape index (κ2) is 7.12. The van der Waals surface area contributed by atoms with Crippen LogP contribution in [0.2, 0.25) is 0 Å². The number of hydrogen-bond acceptors (Lipinski definition) is 7. The van der Waals surface area contributed by atoms with Crippen molar-refractivity contribution in [1.29, 1.82) is 0 Å². The molecule has 10 nitrogen and oxygen atoms in total. The zero-order valence-corrected chi connectivity index (χ0v) is 16.1. The number of rotatable bonds is 3. The summed E-state index contributed by atoms with van der Waals surface area (Å²) in [6, 6.07) is 11.6. The fourth-order valence-corrected chi connectivity index (χ4v) is 3.71. The molecular weight excluding hydrogens is 370 g/mol. The first-order valence-electron chi connectivity index (χ1n) is 9.69. The van der Waals surface area contributed by atoms with Crippen molar-refractivity contribution in [3.8, 4) is 0 Å². The number of carbonyl (C=O) groups is 1. The van der Waals surface area contributed by atoms with Crippen LogP contribution in [0.4, 0.5) is 5.82 Å². The second-order valence-electron chi connectivity index (χ2n) is 7.17. The molecular formula is C19H21N9O. The van der Waals surface area contributed by atoms with Crippen molar-refractivity contribution >= 4 is 28.4 Å². The third-order valence-electron chi connectivity index (χ3n) is 5.28. The van der Waals surface area contributed by atoms with Crippen molar-refractivity contribution in [2.24, 2.45) is 0 Å². The molecule has 0 aliphatic carbocycles. The van der Waals surface area contributed by atoms with Crippen molar-refractivity contribution in [1.82, 2.24) is 39.7 Å². The minimum atomic E-state index is 0.0561. The van der Waals surface area contributed by atoms with Gasteiger partial charge in [0.15, 0.2) is 11.5 Å². The molecule has 29 heavy (non-hydrogen) atoms. The molecule has 1 fully saturated rings. The summed E-state index contributed by atoms with van der Waals surface area (Å²) < 4.78 is 3.42. The largest absolute Gasteiger partial charge is 0.353 e. The molecule has 3 aromatic heterocycles. The number of nitrogens with zero attached hydrogens (tertiary/aromatic N) is 9. The minimum absolute atomic E-state index is 0.0561. The molecule has 0 atom stereocenters. The molecule has 4 aromatic rings. The topological polar surface area (TPSA) is 97.3 Å². The Labute approximate surface area is 166 Å². The highest BCUT2D eigenvalue weighted by atomic mass is 16.2. The summed E-state index contributed by atoms with van der Waals surface area (Å²) in [6.07, 6.45) is 0.880. The fraction of sp³-hybridized carbons (Fsp3) is 0.368. The normalized spacial score (nSPS) is 15.2. The SMILES string of the molecule is Cc1nnc2ccc(N3CCCN(C(=O)Cn4nnc5ccccc54)CC3)nn12. The summed E-state index contributed by atoms with van der Waals surface area (Å²) in [6.45, 7) is 5.01. The van der Waals surface area contributed by atoms with Gasteiger partial charge in [0.1, 0.15) is 17.9 Å². The predicted octanol–water partition coefficient (Wildman–Crippen LogP) is 0.916. The number of anilines is 1. The lowest BCUT2D eigenvalue weighted by molar-refractivity contribution is -0.131. The van der Waals surface area contributed by atoms with Crippen LogP contribution in [0.1, 0.15) is 12.2 Å². The molecule has 1 saturated heterocycles. The van der Waals surface area contributed by atoms with Gasteiger partial charge in [0, 0.05) is 26.2 Å². The number of hydrogen-bond donors (Lipinski definition) is 0. The molecule has 1 aliphatic heterocycles. The van der Waals surface area contributed by atoms with E-state index in [1.165, 1.54) is 0 Å². The van der Waals surface area contributed by atoms with Gasteiger partial charge in [-0.15, -0.1) is 20.4 Å². The van der Waals surface area contributed by atoms with Gasteiger partial charge >= 0.3 is 0 Å². The van der Waals surface area contributed by atoms with Crippen LogP contribution in [-0.2, 0) is 11.3 Å². The summed E-state index contributed by atoms with van der Waals surface area (Å²) in [5.74, 6) is 1.69. The molecule has 4 heterocycles. The van der Waals surface area contributed by atoms with E-state index in [1.54, 1.807) is 9.20 Å². The molecule has 5 rings (SSSR count). The Morgan fingerprint density at radius 1 is 1.00 bits per heavy atom. The Balaban J connectivity index is 1.28. The minimum Gasteiger partial charge on any atom is -0.353 e. The van der Waals surface area contributed by atoms with Gasteiger partial charge in [0.2, 0.25) is 5.91 Å². The zero-order valence-electron chi connectivity index (χ0n) is 16.1. The van der Waals surface area contributed by atoms with Crippen molar-refractivity contribution < 1.29 is 4.79 Å². The van der Waals surface area contributed by atoms with Crippen LogP contribution in [0.15, 0.2) is 36.4 Å². The lowest BCUT2D eigenvalue weighted by Gasteiger charge is -2.22. The average molecular weight is 391 g/mol. The van der Waals surface area contributed by atoms with E-state index in [0.717, 1.165) is 54.4 Å². The zero-order chi connectivity index (χ0) is 19.8. The predicted molar refractivity (Wildman–Crippen MR) is 106 cm³/mol. The van der Waals surface area contributed by atoms with Crippen molar-refractivity contribution in [3.05, 3.63) is 42.2 Å². The van der Waals surface area contributed by atoms with Crippen LogP contribution in [0.25, 0.3) is 16.7 Å². The number of aromatic nitrogens is 7. The number of carbonyl (C=O) groups excluding carboxylic acids is 1. The second-order valence-corrected chi connectivity index (χ2v) is 7.17. The first-order chi connectivity index (χ1) is 14.2. The van der Waals surface area contributed by atoms with E-state index in [9.17, 15) is 4.79 Å². The van der Waals surface area contributed by atoms with Gasteiger partial charge < -0.3 is 9.80 Å². The number of aryl methyl sites for hydroxylation is 1. The number of para-hydroxylation sites is 1. The number of benzene rings is 1. The number of amides is 1. The van der Waals surface area contributed by atoms with Gasteiger partial charge in [0.25, 0.3) is 0 Å². The van der Waals surface area contributed by atoms with Crippen LogP contribution < -0.4 is 4.90 Å². The molecule has 0 radical (unpaired) electrons. The van der Waals surface area contributed by atoms with Gasteiger partial charge in [-0.2, -0.15) is 4.52 Å². The summed E-state index contributed by atoms with van der Waals surface area (Å²) in [5.41, 5.74) is 2.41. The van der Waals surface area contributed by atoms with Crippen LogP contribution in [0.5, 0.6) is 0 Å². The standard InChI is InChI=1S/C19H21N9O/c1-14-20-22-17-7-8-18(23-28(14)17)25-9-4-10-26(12-11-25)19(29)13-27-16-6-3-2-5-15(16)21-24-27/h2-3,5-8H,4,9-13H2,1H3. The Bertz CT molecular complexity index is 1180. The average Bonchev–Trinajstić information content (AvgIpc) is 3.22. The maximum atomic E-state index is 12.9. The van der Waals surface area contributed by atoms with Crippen LogP contribution in [0.3, 0.4) is 0 Å². The van der Waals surface area contributed by atoms with Gasteiger partial charge in [-0.05, 0) is 37.6 Å². The monoisotopic (exact) mass is 391 g/mol.